The van der Waals surface area contributed by atoms with E-state index in [1.165, 1.54) is 21.6 Å². The molecule has 0 atom stereocenters. The lowest BCUT2D eigenvalue weighted by molar-refractivity contribution is 0.0953. The van der Waals surface area contributed by atoms with Crippen LogP contribution < -0.4 is 10.9 Å². The molecule has 2 N–H and O–H groups in total. The third-order valence-corrected chi connectivity index (χ3v) is 3.70. The number of nitrogens with zero attached hydrogens (tertiary/aromatic N) is 1. The van der Waals surface area contributed by atoms with Crippen LogP contribution in [0.2, 0.25) is 0 Å². The minimum Gasteiger partial charge on any atom is -0.361 e. The Morgan fingerprint density at radius 2 is 2.05 bits per heavy atom. The van der Waals surface area contributed by atoms with Gasteiger partial charge in [0.15, 0.2) is 0 Å². The zero-order valence-electron chi connectivity index (χ0n) is 12.3. The summed E-state index contributed by atoms with van der Waals surface area (Å²) in [6.45, 7) is 0.545. The third-order valence-electron chi connectivity index (χ3n) is 3.70. The molecule has 5 heteroatoms. The van der Waals surface area contributed by atoms with Gasteiger partial charge in [-0.1, -0.05) is 18.2 Å². The van der Waals surface area contributed by atoms with Gasteiger partial charge >= 0.3 is 0 Å². The Morgan fingerprint density at radius 3 is 2.86 bits per heavy atom. The number of amides is 1. The zero-order valence-corrected chi connectivity index (χ0v) is 12.3. The van der Waals surface area contributed by atoms with Gasteiger partial charge in [-0.05, 0) is 24.1 Å². The summed E-state index contributed by atoms with van der Waals surface area (Å²) in [5, 5.41) is 4.06. The molecule has 0 radical (unpaired) electrons. The van der Waals surface area contributed by atoms with Gasteiger partial charge < -0.3 is 14.9 Å². The van der Waals surface area contributed by atoms with Crippen molar-refractivity contribution in [2.45, 2.75) is 6.42 Å². The van der Waals surface area contributed by atoms with Gasteiger partial charge in [0.25, 0.3) is 5.91 Å². The molecule has 0 spiro atoms. The highest BCUT2D eigenvalue weighted by molar-refractivity contribution is 5.93. The number of hydrogen-bond acceptors (Lipinski definition) is 2. The van der Waals surface area contributed by atoms with Crippen LogP contribution in [0.15, 0.2) is 53.6 Å². The predicted octanol–water partition coefficient (Wildman–Crippen LogP) is 1.84. The number of pyridine rings is 1. The van der Waals surface area contributed by atoms with Crippen molar-refractivity contribution >= 4 is 16.8 Å². The molecule has 3 aromatic rings. The molecule has 2 aromatic heterocycles. The van der Waals surface area contributed by atoms with Crippen molar-refractivity contribution in [1.82, 2.24) is 14.9 Å². The molecule has 0 fully saturated rings. The van der Waals surface area contributed by atoms with Gasteiger partial charge in [-0.3, -0.25) is 9.59 Å². The molecular formula is C17H17N3O2. The Labute approximate surface area is 127 Å². The average Bonchev–Trinajstić information content (AvgIpc) is 2.93. The van der Waals surface area contributed by atoms with Crippen LogP contribution in [0.4, 0.5) is 0 Å². The van der Waals surface area contributed by atoms with E-state index >= 15 is 0 Å². The maximum atomic E-state index is 12.1. The number of H-pyrrole nitrogens is 1. The van der Waals surface area contributed by atoms with Gasteiger partial charge in [-0.25, -0.2) is 0 Å². The van der Waals surface area contributed by atoms with Crippen molar-refractivity contribution < 1.29 is 4.79 Å². The summed E-state index contributed by atoms with van der Waals surface area (Å²) in [5.74, 6) is -0.171. The van der Waals surface area contributed by atoms with E-state index in [9.17, 15) is 9.59 Å². The lowest BCUT2D eigenvalue weighted by atomic mass is 10.1. The number of nitrogens with one attached hydrogen (secondary N) is 2. The minimum atomic E-state index is -0.171. The van der Waals surface area contributed by atoms with Gasteiger partial charge in [0, 0.05) is 43.0 Å². The molecule has 0 saturated carbocycles. The molecule has 0 aliphatic rings. The molecular weight excluding hydrogens is 278 g/mol. The summed E-state index contributed by atoms with van der Waals surface area (Å²) in [4.78, 5) is 26.6. The second-order valence-electron chi connectivity index (χ2n) is 5.23. The highest BCUT2D eigenvalue weighted by Gasteiger charge is 2.07. The quantitative estimate of drug-likeness (QED) is 0.771. The number of aryl methyl sites for hydroxylation is 1. The van der Waals surface area contributed by atoms with Crippen LogP contribution >= 0.6 is 0 Å². The molecule has 0 bridgehead atoms. The summed E-state index contributed by atoms with van der Waals surface area (Å²) in [5.41, 5.74) is 2.63. The van der Waals surface area contributed by atoms with Crippen molar-refractivity contribution in [2.24, 2.45) is 7.05 Å². The number of aromatic nitrogens is 2. The van der Waals surface area contributed by atoms with E-state index in [1.54, 1.807) is 19.3 Å². The third kappa shape index (κ3) is 2.79. The fraction of sp³-hybridized carbons (Fsp3) is 0.176. The summed E-state index contributed by atoms with van der Waals surface area (Å²) in [6, 6.07) is 11.0. The second kappa shape index (κ2) is 5.89. The molecule has 0 saturated heterocycles. The predicted molar refractivity (Wildman–Crippen MR) is 86.0 cm³/mol. The van der Waals surface area contributed by atoms with Gasteiger partial charge in [0.05, 0.1) is 5.56 Å². The summed E-state index contributed by atoms with van der Waals surface area (Å²) in [7, 11) is 1.63. The maximum absolute atomic E-state index is 12.1. The average molecular weight is 295 g/mol. The van der Waals surface area contributed by atoms with Crippen molar-refractivity contribution in [3.8, 4) is 0 Å². The Hall–Kier alpha value is -2.82. The topological polar surface area (TPSA) is 66.9 Å². The molecule has 0 aliphatic heterocycles. The second-order valence-corrected chi connectivity index (χ2v) is 5.23. The largest absolute Gasteiger partial charge is 0.361 e. The Morgan fingerprint density at radius 1 is 1.23 bits per heavy atom. The molecule has 5 nitrogen and oxygen atoms in total. The van der Waals surface area contributed by atoms with Crippen molar-refractivity contribution in [3.63, 3.8) is 0 Å². The highest BCUT2D eigenvalue weighted by atomic mass is 16.1. The number of aromatic amines is 1. The minimum absolute atomic E-state index is 0.129. The monoisotopic (exact) mass is 295 g/mol. The van der Waals surface area contributed by atoms with E-state index in [0.29, 0.717) is 12.1 Å². The molecule has 1 aromatic carbocycles. The molecule has 1 amide bonds. The van der Waals surface area contributed by atoms with E-state index in [-0.39, 0.29) is 11.5 Å². The van der Waals surface area contributed by atoms with E-state index in [0.717, 1.165) is 11.9 Å². The lowest BCUT2D eigenvalue weighted by Gasteiger charge is -2.06. The van der Waals surface area contributed by atoms with Crippen molar-refractivity contribution in [3.05, 3.63) is 70.3 Å². The van der Waals surface area contributed by atoms with Crippen molar-refractivity contribution in [2.75, 3.05) is 6.54 Å². The molecule has 3 rings (SSSR count). The van der Waals surface area contributed by atoms with Gasteiger partial charge in [0.1, 0.15) is 0 Å². The zero-order chi connectivity index (χ0) is 15.5. The number of para-hydroxylation sites is 1. The highest BCUT2D eigenvalue weighted by Crippen LogP contribution is 2.17. The van der Waals surface area contributed by atoms with Crippen LogP contribution in [0.1, 0.15) is 15.9 Å². The van der Waals surface area contributed by atoms with E-state index in [1.807, 2.05) is 24.4 Å². The van der Waals surface area contributed by atoms with Gasteiger partial charge in [0.2, 0.25) is 5.56 Å². The molecule has 0 aliphatic carbocycles. The first-order valence-electron chi connectivity index (χ1n) is 7.15. The van der Waals surface area contributed by atoms with Crippen LogP contribution in [-0.4, -0.2) is 22.0 Å². The first-order chi connectivity index (χ1) is 10.6. The van der Waals surface area contributed by atoms with Crippen LogP contribution in [0, 0.1) is 0 Å². The number of hydrogen-bond donors (Lipinski definition) is 2. The number of carbonyl (C=O) groups is 1. The number of carbonyl (C=O) groups excluding carboxylic acids is 1. The van der Waals surface area contributed by atoms with Gasteiger partial charge in [-0.15, -0.1) is 0 Å². The van der Waals surface area contributed by atoms with Gasteiger partial charge in [-0.2, -0.15) is 0 Å². The van der Waals surface area contributed by atoms with Crippen LogP contribution in [-0.2, 0) is 13.5 Å². The molecule has 22 heavy (non-hydrogen) atoms. The fourth-order valence-electron chi connectivity index (χ4n) is 2.48. The fourth-order valence-corrected chi connectivity index (χ4v) is 2.48. The summed E-state index contributed by atoms with van der Waals surface area (Å²) < 4.78 is 1.40. The van der Waals surface area contributed by atoms with E-state index in [2.05, 4.69) is 16.4 Å². The maximum Gasteiger partial charge on any atom is 0.252 e. The SMILES string of the molecule is Cn1cc(C(=O)NCCc2c[nH]c3ccccc23)ccc1=O. The molecule has 112 valence electrons. The normalized spacial score (nSPS) is 10.8. The summed E-state index contributed by atoms with van der Waals surface area (Å²) in [6.07, 6.45) is 4.27. The Kier molecular flexibility index (Phi) is 3.78. The van der Waals surface area contributed by atoms with E-state index in [4.69, 9.17) is 0 Å². The first kappa shape index (κ1) is 14.1. The summed E-state index contributed by atoms with van der Waals surface area (Å²) >= 11 is 0. The smallest absolute Gasteiger partial charge is 0.252 e. The first-order valence-corrected chi connectivity index (χ1v) is 7.15. The lowest BCUT2D eigenvalue weighted by Crippen LogP contribution is -2.27. The molecule has 0 unspecified atom stereocenters. The van der Waals surface area contributed by atoms with E-state index < -0.39 is 0 Å². The Balaban J connectivity index is 1.64. The van der Waals surface area contributed by atoms with Crippen LogP contribution in [0.3, 0.4) is 0 Å². The van der Waals surface area contributed by atoms with Crippen molar-refractivity contribution in [1.29, 1.82) is 0 Å². The molecule has 2 heterocycles. The Bertz CT molecular complexity index is 877. The number of rotatable bonds is 4. The van der Waals surface area contributed by atoms with Crippen LogP contribution in [0.25, 0.3) is 10.9 Å². The number of benzene rings is 1. The standard InChI is InChI=1S/C17H17N3O2/c1-20-11-13(6-7-16(20)21)17(22)18-9-8-12-10-19-15-5-3-2-4-14(12)15/h2-7,10-11,19H,8-9H2,1H3,(H,18,22). The number of fused-ring (bicyclic) bond motifs is 1. The van der Waals surface area contributed by atoms with Crippen LogP contribution in [0.5, 0.6) is 0 Å².